The second kappa shape index (κ2) is 6.02. The Balaban J connectivity index is 1.77. The van der Waals surface area contributed by atoms with E-state index in [9.17, 15) is 9.90 Å². The summed E-state index contributed by atoms with van der Waals surface area (Å²) in [5.41, 5.74) is -0.613. The average Bonchev–Trinajstić information content (AvgIpc) is 2.77. The van der Waals surface area contributed by atoms with Gasteiger partial charge in [0, 0.05) is 20.0 Å². The van der Waals surface area contributed by atoms with Crippen LogP contribution in [0.1, 0.15) is 44.9 Å². The van der Waals surface area contributed by atoms with Crippen molar-refractivity contribution in [3.05, 3.63) is 0 Å². The molecule has 2 fully saturated rings. The summed E-state index contributed by atoms with van der Waals surface area (Å²) in [6, 6.07) is 0. The lowest BCUT2D eigenvalue weighted by atomic mass is 9.93. The summed E-state index contributed by atoms with van der Waals surface area (Å²) in [7, 11) is 1.83. The van der Waals surface area contributed by atoms with E-state index in [0.717, 1.165) is 51.6 Å². The van der Waals surface area contributed by atoms with Crippen LogP contribution in [0.3, 0.4) is 0 Å². The Hall–Kier alpha value is -0.610. The fraction of sp³-hybridized carbons (Fsp3) is 0.929. The Kier molecular flexibility index (Phi) is 4.62. The van der Waals surface area contributed by atoms with Crippen molar-refractivity contribution < 1.29 is 9.90 Å². The van der Waals surface area contributed by atoms with E-state index in [2.05, 4.69) is 5.32 Å². The second-order valence-electron chi connectivity index (χ2n) is 6.08. The molecule has 104 valence electrons. The average molecular weight is 254 g/mol. The molecule has 4 heteroatoms. The van der Waals surface area contributed by atoms with Crippen LogP contribution in [-0.4, -0.2) is 48.2 Å². The second-order valence-corrected chi connectivity index (χ2v) is 6.08. The lowest BCUT2D eigenvalue weighted by Crippen LogP contribution is -2.43. The van der Waals surface area contributed by atoms with Crippen molar-refractivity contribution in [2.24, 2.45) is 5.92 Å². The molecule has 1 saturated carbocycles. The Morgan fingerprint density at radius 1 is 1.33 bits per heavy atom. The van der Waals surface area contributed by atoms with Crippen LogP contribution in [0.25, 0.3) is 0 Å². The smallest absolute Gasteiger partial charge is 0.222 e. The zero-order valence-electron chi connectivity index (χ0n) is 11.5. The number of nitrogens with one attached hydrogen (secondary N) is 1. The predicted molar refractivity (Wildman–Crippen MR) is 71.3 cm³/mol. The van der Waals surface area contributed by atoms with Gasteiger partial charge in [-0.05, 0) is 44.7 Å². The molecule has 1 saturated heterocycles. The van der Waals surface area contributed by atoms with E-state index in [4.69, 9.17) is 0 Å². The predicted octanol–water partition coefficient (Wildman–Crippen LogP) is 1.14. The van der Waals surface area contributed by atoms with Gasteiger partial charge in [-0.15, -0.1) is 0 Å². The van der Waals surface area contributed by atoms with Crippen molar-refractivity contribution in [2.45, 2.75) is 50.5 Å². The minimum Gasteiger partial charge on any atom is -0.388 e. The number of amides is 1. The monoisotopic (exact) mass is 254 g/mol. The molecule has 1 heterocycles. The van der Waals surface area contributed by atoms with Crippen LogP contribution < -0.4 is 5.32 Å². The first-order valence-corrected chi connectivity index (χ1v) is 7.26. The van der Waals surface area contributed by atoms with Gasteiger partial charge < -0.3 is 15.3 Å². The van der Waals surface area contributed by atoms with Crippen LogP contribution in [-0.2, 0) is 4.79 Å². The minimum atomic E-state index is -0.613. The molecule has 1 amide bonds. The first kappa shape index (κ1) is 13.8. The highest BCUT2D eigenvalue weighted by Gasteiger charge is 2.33. The van der Waals surface area contributed by atoms with E-state index in [1.165, 1.54) is 0 Å². The molecule has 0 radical (unpaired) electrons. The van der Waals surface area contributed by atoms with E-state index >= 15 is 0 Å². The maximum absolute atomic E-state index is 12.1. The van der Waals surface area contributed by atoms with Gasteiger partial charge in [-0.1, -0.05) is 12.8 Å². The molecule has 2 N–H and O–H groups in total. The molecule has 0 aromatic rings. The van der Waals surface area contributed by atoms with E-state index in [-0.39, 0.29) is 5.91 Å². The van der Waals surface area contributed by atoms with Crippen molar-refractivity contribution in [2.75, 3.05) is 26.7 Å². The molecule has 1 aliphatic heterocycles. The molecular weight excluding hydrogens is 228 g/mol. The number of carbonyl (C=O) groups excluding carboxylic acids is 1. The van der Waals surface area contributed by atoms with Gasteiger partial charge >= 0.3 is 0 Å². The zero-order valence-corrected chi connectivity index (χ0v) is 11.5. The van der Waals surface area contributed by atoms with E-state index < -0.39 is 5.60 Å². The fourth-order valence-corrected chi connectivity index (χ4v) is 3.21. The van der Waals surface area contributed by atoms with Crippen LogP contribution in [0.2, 0.25) is 0 Å². The van der Waals surface area contributed by atoms with E-state index in [1.807, 2.05) is 7.05 Å². The molecule has 0 spiro atoms. The SMILES string of the molecule is CN(CC1(O)CCCC1)C(=O)CC1CCNCC1. The van der Waals surface area contributed by atoms with Crippen LogP contribution >= 0.6 is 0 Å². The van der Waals surface area contributed by atoms with Gasteiger partial charge in [-0.3, -0.25) is 4.79 Å². The molecule has 1 aliphatic carbocycles. The summed E-state index contributed by atoms with van der Waals surface area (Å²) < 4.78 is 0. The fourth-order valence-electron chi connectivity index (χ4n) is 3.21. The summed E-state index contributed by atoms with van der Waals surface area (Å²) in [6.07, 6.45) is 6.72. The summed E-state index contributed by atoms with van der Waals surface area (Å²) in [5.74, 6) is 0.724. The lowest BCUT2D eigenvalue weighted by Gasteiger charge is -2.30. The summed E-state index contributed by atoms with van der Waals surface area (Å²) in [6.45, 7) is 2.58. The standard InChI is InChI=1S/C14H26N2O2/c1-16(11-14(18)6-2-3-7-14)13(17)10-12-4-8-15-9-5-12/h12,15,18H,2-11H2,1H3. The van der Waals surface area contributed by atoms with Crippen molar-refractivity contribution in [1.82, 2.24) is 10.2 Å². The minimum absolute atomic E-state index is 0.197. The highest BCUT2D eigenvalue weighted by atomic mass is 16.3. The number of hydrogen-bond acceptors (Lipinski definition) is 3. The van der Waals surface area contributed by atoms with Gasteiger partial charge in [0.2, 0.25) is 5.91 Å². The third kappa shape index (κ3) is 3.69. The first-order valence-electron chi connectivity index (χ1n) is 7.26. The molecule has 0 aromatic heterocycles. The van der Waals surface area contributed by atoms with Crippen molar-refractivity contribution in [3.8, 4) is 0 Å². The molecule has 0 unspecified atom stereocenters. The van der Waals surface area contributed by atoms with Gasteiger partial charge in [0.15, 0.2) is 0 Å². The molecule has 0 aromatic carbocycles. The van der Waals surface area contributed by atoms with Gasteiger partial charge in [0.1, 0.15) is 0 Å². The summed E-state index contributed by atoms with van der Waals surface area (Å²) >= 11 is 0. The Morgan fingerprint density at radius 2 is 1.94 bits per heavy atom. The number of rotatable bonds is 4. The number of piperidine rings is 1. The number of carbonyl (C=O) groups is 1. The summed E-state index contributed by atoms with van der Waals surface area (Å²) in [5, 5.41) is 13.6. The van der Waals surface area contributed by atoms with Crippen LogP contribution in [0.4, 0.5) is 0 Å². The molecule has 18 heavy (non-hydrogen) atoms. The number of likely N-dealkylation sites (N-methyl/N-ethyl adjacent to an activating group) is 1. The Bertz CT molecular complexity index is 282. The van der Waals surface area contributed by atoms with Gasteiger partial charge in [0.05, 0.1) is 5.60 Å². The van der Waals surface area contributed by atoms with Gasteiger partial charge in [0.25, 0.3) is 0 Å². The maximum Gasteiger partial charge on any atom is 0.222 e. The summed E-state index contributed by atoms with van der Waals surface area (Å²) in [4.78, 5) is 13.9. The number of aliphatic hydroxyl groups is 1. The van der Waals surface area contributed by atoms with Gasteiger partial charge in [-0.25, -0.2) is 0 Å². The van der Waals surface area contributed by atoms with Crippen molar-refractivity contribution in [3.63, 3.8) is 0 Å². The van der Waals surface area contributed by atoms with Crippen LogP contribution in [0, 0.1) is 5.92 Å². The van der Waals surface area contributed by atoms with Crippen LogP contribution in [0.15, 0.2) is 0 Å². The lowest BCUT2D eigenvalue weighted by molar-refractivity contribution is -0.134. The molecule has 2 rings (SSSR count). The first-order chi connectivity index (χ1) is 8.59. The Labute approximate surface area is 110 Å². The zero-order chi connectivity index (χ0) is 13.0. The van der Waals surface area contributed by atoms with Crippen LogP contribution in [0.5, 0.6) is 0 Å². The maximum atomic E-state index is 12.1. The van der Waals surface area contributed by atoms with E-state index in [1.54, 1.807) is 4.90 Å². The normalized spacial score (nSPS) is 24.1. The van der Waals surface area contributed by atoms with E-state index in [0.29, 0.717) is 18.9 Å². The molecular formula is C14H26N2O2. The number of hydrogen-bond donors (Lipinski definition) is 2. The van der Waals surface area contributed by atoms with Crippen molar-refractivity contribution in [1.29, 1.82) is 0 Å². The van der Waals surface area contributed by atoms with Gasteiger partial charge in [-0.2, -0.15) is 0 Å². The highest BCUT2D eigenvalue weighted by molar-refractivity contribution is 5.76. The van der Waals surface area contributed by atoms with Crippen molar-refractivity contribution >= 4 is 5.91 Å². The molecule has 0 atom stereocenters. The third-order valence-corrected chi connectivity index (χ3v) is 4.41. The highest BCUT2D eigenvalue weighted by Crippen LogP contribution is 2.30. The third-order valence-electron chi connectivity index (χ3n) is 4.41. The largest absolute Gasteiger partial charge is 0.388 e. The molecule has 2 aliphatic rings. The topological polar surface area (TPSA) is 52.6 Å². The molecule has 4 nitrogen and oxygen atoms in total. The molecule has 0 bridgehead atoms. The number of nitrogens with zero attached hydrogens (tertiary/aromatic N) is 1. The quantitative estimate of drug-likeness (QED) is 0.791. The Morgan fingerprint density at radius 3 is 2.56 bits per heavy atom.